The monoisotopic (exact) mass is 453 g/mol. The fourth-order valence-electron chi connectivity index (χ4n) is 6.68. The average Bonchev–Trinajstić information content (AvgIpc) is 2.73. The molecule has 1 N–H and O–H groups in total. The molecule has 5 nitrogen and oxygen atoms in total. The molecule has 1 aromatic carbocycles. The molecule has 1 atom stereocenters. The van der Waals surface area contributed by atoms with Gasteiger partial charge in [0.1, 0.15) is 6.04 Å². The van der Waals surface area contributed by atoms with E-state index in [0.29, 0.717) is 23.3 Å². The second-order valence-electron chi connectivity index (χ2n) is 12.3. The van der Waals surface area contributed by atoms with Gasteiger partial charge in [0.15, 0.2) is 12.4 Å². The first-order valence-electron chi connectivity index (χ1n) is 12.6. The molecule has 0 aromatic heterocycles. The lowest BCUT2D eigenvalue weighted by atomic mass is 9.48. The van der Waals surface area contributed by atoms with E-state index in [-0.39, 0.29) is 35.0 Å². The number of Topliss-reactive ketones (excluding diaryl/α,β-unsaturated/α-hetero) is 1. The summed E-state index contributed by atoms with van der Waals surface area (Å²) in [6.07, 6.45) is 6.69. The Morgan fingerprint density at radius 1 is 0.970 bits per heavy atom. The number of nitrogens with one attached hydrogen (secondary N) is 1. The predicted molar refractivity (Wildman–Crippen MR) is 128 cm³/mol. The van der Waals surface area contributed by atoms with Crippen LogP contribution in [0.5, 0.6) is 0 Å². The van der Waals surface area contributed by atoms with E-state index in [1.807, 2.05) is 26.0 Å². The van der Waals surface area contributed by atoms with Gasteiger partial charge in [-0.3, -0.25) is 9.59 Å². The van der Waals surface area contributed by atoms with Gasteiger partial charge < -0.3 is 10.1 Å². The smallest absolute Gasteiger partial charge is 0.329 e. The largest absolute Gasteiger partial charge is 0.456 e. The molecule has 0 radical (unpaired) electrons. The molecule has 5 rings (SSSR count). The summed E-state index contributed by atoms with van der Waals surface area (Å²) in [6.45, 7) is 9.93. The van der Waals surface area contributed by atoms with Crippen LogP contribution in [0.1, 0.15) is 89.1 Å². The Morgan fingerprint density at radius 2 is 1.48 bits per heavy atom. The highest BCUT2D eigenvalue weighted by atomic mass is 16.5. The molecular weight excluding hydrogens is 414 g/mol. The van der Waals surface area contributed by atoms with E-state index in [2.05, 4.69) is 26.1 Å². The molecule has 1 amide bonds. The van der Waals surface area contributed by atoms with Crippen molar-refractivity contribution in [2.75, 3.05) is 6.61 Å². The third kappa shape index (κ3) is 5.02. The quantitative estimate of drug-likeness (QED) is 0.585. The highest BCUT2D eigenvalue weighted by Gasteiger charge is 2.54. The number of esters is 1. The summed E-state index contributed by atoms with van der Waals surface area (Å²) in [5.74, 6) is 1.11. The zero-order valence-corrected chi connectivity index (χ0v) is 20.8. The zero-order valence-electron chi connectivity index (χ0n) is 20.8. The number of carbonyl (C=O) groups is 3. The van der Waals surface area contributed by atoms with E-state index in [1.54, 1.807) is 12.1 Å². The maximum Gasteiger partial charge on any atom is 0.329 e. The Bertz CT molecular complexity index is 874. The number of hydrogen-bond acceptors (Lipinski definition) is 4. The maximum absolute atomic E-state index is 13.2. The lowest BCUT2D eigenvalue weighted by Gasteiger charge is -2.55. The first-order chi connectivity index (χ1) is 15.5. The fourth-order valence-corrected chi connectivity index (χ4v) is 6.68. The summed E-state index contributed by atoms with van der Waals surface area (Å²) in [7, 11) is 0. The van der Waals surface area contributed by atoms with Crippen molar-refractivity contribution < 1.29 is 19.1 Å². The van der Waals surface area contributed by atoms with E-state index < -0.39 is 12.0 Å². The van der Waals surface area contributed by atoms with E-state index in [9.17, 15) is 14.4 Å². The summed E-state index contributed by atoms with van der Waals surface area (Å²) in [5.41, 5.74) is 1.37. The van der Waals surface area contributed by atoms with Gasteiger partial charge in [0.25, 0.3) is 5.91 Å². The minimum Gasteiger partial charge on any atom is -0.456 e. The van der Waals surface area contributed by atoms with Gasteiger partial charge in [-0.2, -0.15) is 0 Å². The van der Waals surface area contributed by atoms with Crippen LogP contribution in [0, 0.1) is 29.1 Å². The molecular formula is C28H39NO4. The van der Waals surface area contributed by atoms with Crippen molar-refractivity contribution in [3.05, 3.63) is 35.4 Å². The van der Waals surface area contributed by atoms with Crippen LogP contribution in [0.3, 0.4) is 0 Å². The first-order valence-corrected chi connectivity index (χ1v) is 12.6. The fraction of sp³-hybridized carbons (Fsp3) is 0.679. The van der Waals surface area contributed by atoms with Gasteiger partial charge in [-0.1, -0.05) is 46.8 Å². The van der Waals surface area contributed by atoms with Crippen LogP contribution in [-0.4, -0.2) is 30.3 Å². The number of benzene rings is 1. The van der Waals surface area contributed by atoms with Gasteiger partial charge in [0.2, 0.25) is 0 Å². The van der Waals surface area contributed by atoms with Gasteiger partial charge >= 0.3 is 5.97 Å². The summed E-state index contributed by atoms with van der Waals surface area (Å²) in [4.78, 5) is 38.9. The van der Waals surface area contributed by atoms with Crippen LogP contribution in [0.15, 0.2) is 24.3 Å². The molecule has 0 heterocycles. The van der Waals surface area contributed by atoms with Crippen molar-refractivity contribution in [3.63, 3.8) is 0 Å². The summed E-state index contributed by atoms with van der Waals surface area (Å²) in [6, 6.07) is 6.68. The van der Waals surface area contributed by atoms with Gasteiger partial charge in [-0.25, -0.2) is 4.79 Å². The van der Waals surface area contributed by atoms with Crippen molar-refractivity contribution in [1.82, 2.24) is 5.32 Å². The Balaban J connectivity index is 1.35. The van der Waals surface area contributed by atoms with Crippen LogP contribution in [0.25, 0.3) is 0 Å². The lowest BCUT2D eigenvalue weighted by Crippen LogP contribution is -2.51. The Hall–Kier alpha value is -2.17. The van der Waals surface area contributed by atoms with Crippen molar-refractivity contribution in [2.24, 2.45) is 29.1 Å². The number of hydrogen-bond donors (Lipinski definition) is 1. The van der Waals surface area contributed by atoms with Gasteiger partial charge in [-0.15, -0.1) is 0 Å². The zero-order chi connectivity index (χ0) is 24.0. The molecule has 4 aliphatic rings. The van der Waals surface area contributed by atoms with Crippen molar-refractivity contribution in [3.8, 4) is 0 Å². The summed E-state index contributed by atoms with van der Waals surface area (Å²) < 4.78 is 5.51. The minimum atomic E-state index is -0.788. The van der Waals surface area contributed by atoms with Crippen molar-refractivity contribution in [2.45, 2.75) is 84.6 Å². The van der Waals surface area contributed by atoms with Crippen molar-refractivity contribution in [1.29, 1.82) is 0 Å². The molecule has 180 valence electrons. The predicted octanol–water partition coefficient (Wildman–Crippen LogP) is 5.07. The number of rotatable bonds is 7. The molecule has 0 spiro atoms. The van der Waals surface area contributed by atoms with Gasteiger partial charge in [0, 0.05) is 11.0 Å². The normalized spacial score (nSPS) is 29.1. The van der Waals surface area contributed by atoms with Crippen LogP contribution in [0.4, 0.5) is 0 Å². The van der Waals surface area contributed by atoms with Gasteiger partial charge in [-0.05, 0) is 85.3 Å². The molecule has 1 unspecified atom stereocenters. The van der Waals surface area contributed by atoms with E-state index in [4.69, 9.17) is 4.74 Å². The molecule has 4 fully saturated rings. The van der Waals surface area contributed by atoms with Crippen molar-refractivity contribution >= 4 is 17.7 Å². The molecule has 4 aliphatic carbocycles. The summed E-state index contributed by atoms with van der Waals surface area (Å²) >= 11 is 0. The molecule has 4 saturated carbocycles. The highest BCUT2D eigenvalue weighted by molar-refractivity contribution is 5.97. The first kappa shape index (κ1) is 24.0. The number of ketones is 1. The standard InChI is InChI=1S/C28H39NO4/c1-17(2)24(29-25(31)21-6-8-22(9-7-21)27(3,4)5)26(32)33-16-23(30)28-13-18-10-19(14-28)12-20(11-18)15-28/h6-9,17-20,24H,10-16H2,1-5H3,(H,29,31). The molecule has 0 saturated heterocycles. The number of ether oxygens (including phenoxy) is 1. The third-order valence-corrected chi connectivity index (χ3v) is 8.20. The lowest BCUT2D eigenvalue weighted by molar-refractivity contribution is -0.159. The van der Waals surface area contributed by atoms with Crippen LogP contribution >= 0.6 is 0 Å². The molecule has 33 heavy (non-hydrogen) atoms. The second-order valence-corrected chi connectivity index (χ2v) is 12.3. The average molecular weight is 454 g/mol. The number of carbonyl (C=O) groups excluding carboxylic acids is 3. The number of amides is 1. The molecule has 5 heteroatoms. The molecule has 4 bridgehead atoms. The van der Waals surface area contributed by atoms with E-state index in [1.165, 1.54) is 19.3 Å². The highest BCUT2D eigenvalue weighted by Crippen LogP contribution is 2.60. The van der Waals surface area contributed by atoms with Crippen LogP contribution in [-0.2, 0) is 19.7 Å². The Kier molecular flexibility index (Phi) is 6.45. The van der Waals surface area contributed by atoms with E-state index in [0.717, 1.165) is 24.8 Å². The minimum absolute atomic E-state index is 0.00249. The van der Waals surface area contributed by atoms with Crippen LogP contribution < -0.4 is 5.32 Å². The SMILES string of the molecule is CC(C)C(NC(=O)c1ccc(C(C)(C)C)cc1)C(=O)OCC(=O)C12CC3CC(CC(C3)C1)C2. The molecule has 1 aromatic rings. The Labute approximate surface area is 198 Å². The van der Waals surface area contributed by atoms with Gasteiger partial charge in [0.05, 0.1) is 0 Å². The topological polar surface area (TPSA) is 72.5 Å². The maximum atomic E-state index is 13.2. The van der Waals surface area contributed by atoms with E-state index >= 15 is 0 Å². The summed E-state index contributed by atoms with van der Waals surface area (Å²) in [5, 5.41) is 2.83. The van der Waals surface area contributed by atoms with Crippen LogP contribution in [0.2, 0.25) is 0 Å². The third-order valence-electron chi connectivity index (χ3n) is 8.20. The second kappa shape index (κ2) is 8.88. The Morgan fingerprint density at radius 3 is 1.94 bits per heavy atom. The molecule has 0 aliphatic heterocycles.